The van der Waals surface area contributed by atoms with Gasteiger partial charge in [-0.3, -0.25) is 0 Å². The predicted octanol–water partition coefficient (Wildman–Crippen LogP) is 4.19. The van der Waals surface area contributed by atoms with E-state index in [4.69, 9.17) is 13.9 Å². The molecular formula is C19H27NO4S. The van der Waals surface area contributed by atoms with E-state index in [1.165, 1.54) is 0 Å². The fraction of sp³-hybridized carbons (Fsp3) is 0.526. The Kier molecular flexibility index (Phi) is 7.65. The number of fused-ring (bicyclic) bond motifs is 1. The fourth-order valence-corrected chi connectivity index (χ4v) is 3.60. The molecule has 0 unspecified atom stereocenters. The van der Waals surface area contributed by atoms with Gasteiger partial charge in [-0.05, 0) is 38.2 Å². The zero-order valence-corrected chi connectivity index (χ0v) is 16.3. The molecule has 1 aromatic heterocycles. The highest BCUT2D eigenvalue weighted by Gasteiger charge is 2.22. The minimum absolute atomic E-state index is 0.337. The van der Waals surface area contributed by atoms with Crippen molar-refractivity contribution in [3.05, 3.63) is 29.5 Å². The second-order valence-electron chi connectivity index (χ2n) is 5.56. The summed E-state index contributed by atoms with van der Waals surface area (Å²) in [5.41, 5.74) is 1.20. The molecule has 2 rings (SSSR count). The second kappa shape index (κ2) is 9.73. The lowest BCUT2D eigenvalue weighted by Crippen LogP contribution is -2.25. The number of carbonyl (C=O) groups excluding carboxylic acids is 1. The minimum Gasteiger partial charge on any atom is -0.497 e. The molecule has 0 saturated carbocycles. The van der Waals surface area contributed by atoms with Crippen LogP contribution in [0, 0.1) is 0 Å². The molecule has 2 aromatic rings. The van der Waals surface area contributed by atoms with Crippen LogP contribution in [0.25, 0.3) is 11.0 Å². The molecule has 138 valence electrons. The quantitative estimate of drug-likeness (QED) is 0.465. The summed E-state index contributed by atoms with van der Waals surface area (Å²) in [5.74, 6) is 2.66. The average Bonchev–Trinajstić information content (AvgIpc) is 2.99. The van der Waals surface area contributed by atoms with Crippen molar-refractivity contribution in [3.8, 4) is 5.75 Å². The molecule has 0 atom stereocenters. The maximum Gasteiger partial charge on any atom is 0.342 e. The van der Waals surface area contributed by atoms with E-state index in [-0.39, 0.29) is 5.97 Å². The van der Waals surface area contributed by atoms with Crippen LogP contribution in [0.1, 0.15) is 36.9 Å². The van der Waals surface area contributed by atoms with Gasteiger partial charge in [0.05, 0.1) is 19.5 Å². The van der Waals surface area contributed by atoms with E-state index in [1.807, 2.05) is 18.2 Å². The van der Waals surface area contributed by atoms with Crippen LogP contribution in [-0.4, -0.2) is 50.0 Å². The van der Waals surface area contributed by atoms with Crippen LogP contribution in [0.4, 0.5) is 0 Å². The summed E-state index contributed by atoms with van der Waals surface area (Å²) in [5, 5.41) is 0.747. The number of hydrogen-bond donors (Lipinski definition) is 0. The molecule has 0 radical (unpaired) electrons. The molecule has 5 nitrogen and oxygen atoms in total. The Morgan fingerprint density at radius 2 is 2.00 bits per heavy atom. The Morgan fingerprint density at radius 3 is 2.64 bits per heavy atom. The second-order valence-corrected chi connectivity index (χ2v) is 6.67. The number of methoxy groups -OCH3 is 1. The third-order valence-corrected chi connectivity index (χ3v) is 5.06. The Bertz CT molecular complexity index is 694. The van der Waals surface area contributed by atoms with Gasteiger partial charge in [-0.15, -0.1) is 0 Å². The maximum absolute atomic E-state index is 12.4. The molecule has 1 heterocycles. The van der Waals surface area contributed by atoms with Crippen LogP contribution in [-0.2, 0) is 10.5 Å². The van der Waals surface area contributed by atoms with Crippen molar-refractivity contribution in [1.29, 1.82) is 0 Å². The smallest absolute Gasteiger partial charge is 0.342 e. The Balaban J connectivity index is 2.19. The summed E-state index contributed by atoms with van der Waals surface area (Å²) in [6.07, 6.45) is 0. The highest BCUT2D eigenvalue weighted by Crippen LogP contribution is 2.32. The van der Waals surface area contributed by atoms with Gasteiger partial charge in [-0.2, -0.15) is 11.8 Å². The first-order chi connectivity index (χ1) is 12.1. The molecule has 6 heteroatoms. The first kappa shape index (κ1) is 19.7. The summed E-state index contributed by atoms with van der Waals surface area (Å²) in [6.45, 7) is 9.61. The normalized spacial score (nSPS) is 11.2. The van der Waals surface area contributed by atoms with Gasteiger partial charge in [0.25, 0.3) is 0 Å². The van der Waals surface area contributed by atoms with Gasteiger partial charge in [0.2, 0.25) is 0 Å². The Labute approximate surface area is 153 Å². The van der Waals surface area contributed by atoms with Gasteiger partial charge in [0, 0.05) is 17.7 Å². The number of nitrogens with zero attached hydrogens (tertiary/aromatic N) is 1. The van der Waals surface area contributed by atoms with E-state index >= 15 is 0 Å². The lowest BCUT2D eigenvalue weighted by Gasteiger charge is -2.17. The predicted molar refractivity (Wildman–Crippen MR) is 103 cm³/mol. The van der Waals surface area contributed by atoms with E-state index in [2.05, 4.69) is 18.7 Å². The van der Waals surface area contributed by atoms with Crippen molar-refractivity contribution in [2.24, 2.45) is 0 Å². The molecule has 0 bridgehead atoms. The number of thioether (sulfide) groups is 1. The van der Waals surface area contributed by atoms with Crippen LogP contribution >= 0.6 is 11.8 Å². The van der Waals surface area contributed by atoms with Crippen molar-refractivity contribution in [2.45, 2.75) is 26.5 Å². The summed E-state index contributed by atoms with van der Waals surface area (Å²) < 4.78 is 16.4. The monoisotopic (exact) mass is 365 g/mol. The largest absolute Gasteiger partial charge is 0.497 e. The van der Waals surface area contributed by atoms with Crippen molar-refractivity contribution >= 4 is 28.7 Å². The lowest BCUT2D eigenvalue weighted by atomic mass is 10.1. The highest BCUT2D eigenvalue weighted by molar-refractivity contribution is 7.98. The summed E-state index contributed by atoms with van der Waals surface area (Å²) in [4.78, 5) is 14.8. The Hall–Kier alpha value is -1.66. The van der Waals surface area contributed by atoms with E-state index in [0.29, 0.717) is 35.0 Å². The molecular weight excluding hydrogens is 338 g/mol. The van der Waals surface area contributed by atoms with Gasteiger partial charge in [0.15, 0.2) is 0 Å². The number of ether oxygens (including phenoxy) is 2. The van der Waals surface area contributed by atoms with Crippen LogP contribution in [0.15, 0.2) is 22.6 Å². The van der Waals surface area contributed by atoms with Crippen molar-refractivity contribution in [1.82, 2.24) is 4.90 Å². The molecule has 0 amide bonds. The zero-order chi connectivity index (χ0) is 18.2. The van der Waals surface area contributed by atoms with Crippen LogP contribution in [0.3, 0.4) is 0 Å². The molecule has 0 N–H and O–H groups in total. The van der Waals surface area contributed by atoms with Gasteiger partial charge < -0.3 is 18.8 Å². The van der Waals surface area contributed by atoms with Gasteiger partial charge in [0.1, 0.15) is 22.7 Å². The van der Waals surface area contributed by atoms with Crippen molar-refractivity contribution < 1.29 is 18.7 Å². The Morgan fingerprint density at radius 1 is 1.24 bits per heavy atom. The number of furan rings is 1. The van der Waals surface area contributed by atoms with Gasteiger partial charge in [-0.1, -0.05) is 13.8 Å². The number of rotatable bonds is 10. The summed E-state index contributed by atoms with van der Waals surface area (Å²) in [6, 6.07) is 5.49. The average molecular weight is 365 g/mol. The van der Waals surface area contributed by atoms with Crippen LogP contribution in [0.2, 0.25) is 0 Å². The van der Waals surface area contributed by atoms with Gasteiger partial charge in [-0.25, -0.2) is 4.79 Å². The van der Waals surface area contributed by atoms with Crippen molar-refractivity contribution in [2.75, 3.05) is 39.1 Å². The van der Waals surface area contributed by atoms with E-state index in [9.17, 15) is 4.79 Å². The first-order valence-corrected chi connectivity index (χ1v) is 9.86. The number of esters is 1. The maximum atomic E-state index is 12.4. The zero-order valence-electron chi connectivity index (χ0n) is 15.5. The minimum atomic E-state index is -0.339. The van der Waals surface area contributed by atoms with Crippen molar-refractivity contribution in [3.63, 3.8) is 0 Å². The molecule has 0 fully saturated rings. The van der Waals surface area contributed by atoms with Crippen LogP contribution < -0.4 is 4.74 Å². The third kappa shape index (κ3) is 4.92. The standard InChI is InChI=1S/C19H27NO4S/c1-5-20(6-2)10-11-25-13-17-18(19(21)23-7-3)15-12-14(22-4)8-9-16(15)24-17/h8-9,12H,5-7,10-11,13H2,1-4H3. The first-order valence-electron chi connectivity index (χ1n) is 8.71. The topological polar surface area (TPSA) is 51.9 Å². The lowest BCUT2D eigenvalue weighted by molar-refractivity contribution is 0.0526. The molecule has 0 aliphatic rings. The third-order valence-electron chi connectivity index (χ3n) is 4.13. The molecule has 25 heavy (non-hydrogen) atoms. The molecule has 0 spiro atoms. The van der Waals surface area contributed by atoms with Crippen LogP contribution in [0.5, 0.6) is 5.75 Å². The number of benzene rings is 1. The SMILES string of the molecule is CCOC(=O)c1c(CSCCN(CC)CC)oc2ccc(OC)cc12. The van der Waals surface area contributed by atoms with E-state index in [1.54, 1.807) is 25.8 Å². The van der Waals surface area contributed by atoms with E-state index < -0.39 is 0 Å². The highest BCUT2D eigenvalue weighted by atomic mass is 32.2. The molecule has 0 aliphatic carbocycles. The fourth-order valence-electron chi connectivity index (χ4n) is 2.68. The molecule has 0 aliphatic heterocycles. The van der Waals surface area contributed by atoms with Gasteiger partial charge >= 0.3 is 5.97 Å². The summed E-state index contributed by atoms with van der Waals surface area (Å²) >= 11 is 1.77. The number of hydrogen-bond acceptors (Lipinski definition) is 6. The molecule has 0 saturated heterocycles. The number of carbonyl (C=O) groups is 1. The van der Waals surface area contributed by atoms with E-state index in [0.717, 1.165) is 30.8 Å². The molecule has 1 aromatic carbocycles. The summed E-state index contributed by atoms with van der Waals surface area (Å²) in [7, 11) is 1.61.